The zero-order valence-electron chi connectivity index (χ0n) is 11.6. The number of rotatable bonds is 7. The van der Waals surface area contributed by atoms with Crippen LogP contribution in [-0.4, -0.2) is 12.1 Å². The topological polar surface area (TPSA) is 12.0 Å². The lowest BCUT2D eigenvalue weighted by Gasteiger charge is -2.29. The second-order valence-corrected chi connectivity index (χ2v) is 5.87. The summed E-state index contributed by atoms with van der Waals surface area (Å²) in [5, 5.41) is 3.82. The fourth-order valence-corrected chi connectivity index (χ4v) is 2.79. The molecule has 0 spiro atoms. The number of hydrogen-bond donors (Lipinski definition) is 1. The van der Waals surface area contributed by atoms with E-state index in [1.165, 1.54) is 57.8 Å². The Kier molecular flexibility index (Phi) is 7.11. The predicted molar refractivity (Wildman–Crippen MR) is 72.8 cm³/mol. The first-order valence-electron chi connectivity index (χ1n) is 7.48. The Morgan fingerprint density at radius 2 is 1.75 bits per heavy atom. The standard InChI is InChI=1S/C15H31N/c1-4-5-6-7-8-14(3)16-15-11-9-13(2)10-12-15/h13-16H,4-12H2,1-3H3. The van der Waals surface area contributed by atoms with Crippen LogP contribution in [0.4, 0.5) is 0 Å². The second kappa shape index (κ2) is 8.11. The lowest BCUT2D eigenvalue weighted by molar-refractivity contribution is 0.284. The van der Waals surface area contributed by atoms with Crippen LogP contribution >= 0.6 is 0 Å². The number of unbranched alkanes of at least 4 members (excludes halogenated alkanes) is 3. The molecule has 16 heavy (non-hydrogen) atoms. The smallest absolute Gasteiger partial charge is 0.00697 e. The molecule has 1 unspecified atom stereocenters. The van der Waals surface area contributed by atoms with Gasteiger partial charge in [0.05, 0.1) is 0 Å². The molecule has 0 aromatic rings. The summed E-state index contributed by atoms with van der Waals surface area (Å²) in [5.41, 5.74) is 0. The minimum absolute atomic E-state index is 0.732. The van der Waals surface area contributed by atoms with Crippen molar-refractivity contribution in [3.8, 4) is 0 Å². The van der Waals surface area contributed by atoms with E-state index in [2.05, 4.69) is 26.1 Å². The van der Waals surface area contributed by atoms with Gasteiger partial charge in [-0.2, -0.15) is 0 Å². The van der Waals surface area contributed by atoms with Crippen molar-refractivity contribution in [3.63, 3.8) is 0 Å². The fraction of sp³-hybridized carbons (Fsp3) is 1.00. The Bertz CT molecular complexity index is 159. The van der Waals surface area contributed by atoms with E-state index in [4.69, 9.17) is 0 Å². The van der Waals surface area contributed by atoms with Crippen LogP contribution in [0.15, 0.2) is 0 Å². The highest BCUT2D eigenvalue weighted by atomic mass is 14.9. The lowest BCUT2D eigenvalue weighted by atomic mass is 9.87. The van der Waals surface area contributed by atoms with Crippen molar-refractivity contribution in [2.75, 3.05) is 0 Å². The summed E-state index contributed by atoms with van der Waals surface area (Å²) >= 11 is 0. The van der Waals surface area contributed by atoms with Gasteiger partial charge in [0.2, 0.25) is 0 Å². The third-order valence-electron chi connectivity index (χ3n) is 4.03. The summed E-state index contributed by atoms with van der Waals surface area (Å²) < 4.78 is 0. The summed E-state index contributed by atoms with van der Waals surface area (Å²) in [5.74, 6) is 0.970. The molecule has 0 aromatic carbocycles. The van der Waals surface area contributed by atoms with Crippen LogP contribution in [0.1, 0.15) is 78.6 Å². The van der Waals surface area contributed by atoms with Gasteiger partial charge in [-0.1, -0.05) is 39.5 Å². The molecule has 1 aliphatic rings. The maximum Gasteiger partial charge on any atom is 0.00697 e. The summed E-state index contributed by atoms with van der Waals surface area (Å²) in [6.07, 6.45) is 12.6. The normalized spacial score (nSPS) is 27.9. The minimum atomic E-state index is 0.732. The van der Waals surface area contributed by atoms with Crippen molar-refractivity contribution < 1.29 is 0 Å². The molecule has 0 aliphatic heterocycles. The summed E-state index contributed by atoms with van der Waals surface area (Å²) in [4.78, 5) is 0. The van der Waals surface area contributed by atoms with Gasteiger partial charge in [0.1, 0.15) is 0 Å². The fourth-order valence-electron chi connectivity index (χ4n) is 2.79. The molecular formula is C15H31N. The van der Waals surface area contributed by atoms with E-state index in [1.807, 2.05) is 0 Å². The Labute approximate surface area is 102 Å². The molecule has 1 N–H and O–H groups in total. The molecule has 1 aliphatic carbocycles. The lowest BCUT2D eigenvalue weighted by Crippen LogP contribution is -2.38. The van der Waals surface area contributed by atoms with Crippen molar-refractivity contribution in [2.45, 2.75) is 90.6 Å². The van der Waals surface area contributed by atoms with E-state index in [-0.39, 0.29) is 0 Å². The number of hydrogen-bond acceptors (Lipinski definition) is 1. The van der Waals surface area contributed by atoms with Crippen LogP contribution in [0.2, 0.25) is 0 Å². The summed E-state index contributed by atoms with van der Waals surface area (Å²) in [7, 11) is 0. The highest BCUT2D eigenvalue weighted by Crippen LogP contribution is 2.24. The van der Waals surface area contributed by atoms with E-state index in [9.17, 15) is 0 Å². The summed E-state index contributed by atoms with van der Waals surface area (Å²) in [6, 6.07) is 1.55. The van der Waals surface area contributed by atoms with Crippen molar-refractivity contribution in [2.24, 2.45) is 5.92 Å². The molecular weight excluding hydrogens is 194 g/mol. The van der Waals surface area contributed by atoms with Crippen LogP contribution in [0.5, 0.6) is 0 Å². The maximum atomic E-state index is 3.82. The average molecular weight is 225 g/mol. The Morgan fingerprint density at radius 1 is 1.06 bits per heavy atom. The van der Waals surface area contributed by atoms with Crippen molar-refractivity contribution in [3.05, 3.63) is 0 Å². The highest BCUT2D eigenvalue weighted by molar-refractivity contribution is 4.77. The zero-order valence-corrected chi connectivity index (χ0v) is 11.6. The van der Waals surface area contributed by atoms with Crippen LogP contribution in [-0.2, 0) is 0 Å². The van der Waals surface area contributed by atoms with Gasteiger partial charge in [-0.15, -0.1) is 0 Å². The molecule has 0 bridgehead atoms. The van der Waals surface area contributed by atoms with Crippen molar-refractivity contribution >= 4 is 0 Å². The van der Waals surface area contributed by atoms with Gasteiger partial charge >= 0.3 is 0 Å². The SMILES string of the molecule is CCCCCCC(C)NC1CCC(C)CC1. The average Bonchev–Trinajstić information content (AvgIpc) is 2.28. The van der Waals surface area contributed by atoms with Gasteiger partial charge in [-0.25, -0.2) is 0 Å². The largest absolute Gasteiger partial charge is 0.312 e. The van der Waals surface area contributed by atoms with Gasteiger partial charge < -0.3 is 5.32 Å². The van der Waals surface area contributed by atoms with E-state index < -0.39 is 0 Å². The molecule has 1 fully saturated rings. The number of nitrogens with one attached hydrogen (secondary N) is 1. The van der Waals surface area contributed by atoms with Gasteiger partial charge in [0.25, 0.3) is 0 Å². The summed E-state index contributed by atoms with van der Waals surface area (Å²) in [6.45, 7) is 7.04. The van der Waals surface area contributed by atoms with E-state index in [1.54, 1.807) is 0 Å². The van der Waals surface area contributed by atoms with E-state index in [0.29, 0.717) is 0 Å². The van der Waals surface area contributed by atoms with E-state index in [0.717, 1.165) is 18.0 Å². The Morgan fingerprint density at radius 3 is 2.38 bits per heavy atom. The highest BCUT2D eigenvalue weighted by Gasteiger charge is 2.18. The predicted octanol–water partition coefficient (Wildman–Crippen LogP) is 4.51. The zero-order chi connectivity index (χ0) is 11.8. The molecule has 0 aromatic heterocycles. The maximum absolute atomic E-state index is 3.82. The third kappa shape index (κ3) is 5.89. The van der Waals surface area contributed by atoms with Crippen LogP contribution < -0.4 is 5.32 Å². The van der Waals surface area contributed by atoms with Gasteiger partial charge in [-0.3, -0.25) is 0 Å². The van der Waals surface area contributed by atoms with Gasteiger partial charge in [0.15, 0.2) is 0 Å². The third-order valence-corrected chi connectivity index (χ3v) is 4.03. The molecule has 96 valence electrons. The molecule has 1 saturated carbocycles. The van der Waals surface area contributed by atoms with Crippen LogP contribution in [0.3, 0.4) is 0 Å². The molecule has 0 amide bonds. The molecule has 1 nitrogen and oxygen atoms in total. The van der Waals surface area contributed by atoms with Crippen molar-refractivity contribution in [1.29, 1.82) is 0 Å². The van der Waals surface area contributed by atoms with Crippen LogP contribution in [0, 0.1) is 5.92 Å². The first-order chi connectivity index (χ1) is 7.72. The quantitative estimate of drug-likeness (QED) is 0.628. The molecule has 0 saturated heterocycles. The monoisotopic (exact) mass is 225 g/mol. The first-order valence-corrected chi connectivity index (χ1v) is 7.48. The second-order valence-electron chi connectivity index (χ2n) is 5.87. The van der Waals surface area contributed by atoms with Crippen molar-refractivity contribution in [1.82, 2.24) is 5.32 Å². The Balaban J connectivity index is 2.02. The molecule has 0 heterocycles. The van der Waals surface area contributed by atoms with E-state index >= 15 is 0 Å². The van der Waals surface area contributed by atoms with Gasteiger partial charge in [0, 0.05) is 12.1 Å². The minimum Gasteiger partial charge on any atom is -0.312 e. The molecule has 1 atom stereocenters. The molecule has 0 radical (unpaired) electrons. The van der Waals surface area contributed by atoms with Gasteiger partial charge in [-0.05, 0) is 44.9 Å². The van der Waals surface area contributed by atoms with Crippen LogP contribution in [0.25, 0.3) is 0 Å². The molecule has 1 heteroatoms. The first kappa shape index (κ1) is 14.0. The molecule has 1 rings (SSSR count). The Hall–Kier alpha value is -0.0400.